The van der Waals surface area contributed by atoms with Crippen molar-refractivity contribution in [3.8, 4) is 5.75 Å². The number of sulfonamides is 1. The van der Waals surface area contributed by atoms with Crippen molar-refractivity contribution in [1.82, 2.24) is 4.83 Å². The van der Waals surface area contributed by atoms with E-state index in [1.54, 1.807) is 12.1 Å². The molecule has 1 aromatic carbocycles. The van der Waals surface area contributed by atoms with Crippen molar-refractivity contribution >= 4 is 15.7 Å². The first-order valence-electron chi connectivity index (χ1n) is 7.97. The average molecular weight is 348 g/mol. The lowest BCUT2D eigenvalue weighted by molar-refractivity contribution is 0.340. The van der Waals surface area contributed by atoms with Crippen LogP contribution in [0.1, 0.15) is 33.6 Å². The molecule has 0 fully saturated rings. The molecule has 0 radical (unpaired) electrons. The summed E-state index contributed by atoms with van der Waals surface area (Å²) in [7, 11) is -3.70. The van der Waals surface area contributed by atoms with Gasteiger partial charge in [0.15, 0.2) is 0 Å². The van der Waals surface area contributed by atoms with E-state index in [1.165, 1.54) is 12.1 Å². The summed E-state index contributed by atoms with van der Waals surface area (Å²) in [6.07, 6.45) is 3.70. The first-order chi connectivity index (χ1) is 11.3. The molecule has 0 spiro atoms. The van der Waals surface area contributed by atoms with Crippen LogP contribution in [0.25, 0.3) is 0 Å². The fraction of sp³-hybridized carbons (Fsp3) is 0.389. The molecule has 0 aromatic heterocycles. The topological polar surface area (TPSA) is 67.8 Å². The molecule has 0 unspecified atom stereocenters. The van der Waals surface area contributed by atoms with Crippen LogP contribution in [0, 0.1) is 5.92 Å². The maximum atomic E-state index is 12.4. The van der Waals surface area contributed by atoms with Crippen LogP contribution in [0.4, 0.5) is 0 Å². The zero-order valence-electron chi connectivity index (χ0n) is 14.4. The minimum atomic E-state index is -3.70. The molecule has 0 bridgehead atoms. The second kappa shape index (κ2) is 7.66. The van der Waals surface area contributed by atoms with Crippen molar-refractivity contribution in [2.24, 2.45) is 11.0 Å². The van der Waals surface area contributed by atoms with Crippen LogP contribution in [-0.4, -0.2) is 20.7 Å². The second-order valence-electron chi connectivity index (χ2n) is 5.93. The third kappa shape index (κ3) is 4.47. The molecular formula is C18H24N2O3S. The van der Waals surface area contributed by atoms with Gasteiger partial charge in [-0.3, -0.25) is 0 Å². The van der Waals surface area contributed by atoms with Crippen molar-refractivity contribution < 1.29 is 13.2 Å². The predicted octanol–water partition coefficient (Wildman–Crippen LogP) is 3.65. The van der Waals surface area contributed by atoms with Crippen molar-refractivity contribution in [1.29, 1.82) is 0 Å². The van der Waals surface area contributed by atoms with Crippen molar-refractivity contribution in [3.63, 3.8) is 0 Å². The molecule has 130 valence electrons. The van der Waals surface area contributed by atoms with Crippen molar-refractivity contribution in [3.05, 3.63) is 48.1 Å². The van der Waals surface area contributed by atoms with Gasteiger partial charge in [-0.25, -0.2) is 0 Å². The van der Waals surface area contributed by atoms with Gasteiger partial charge < -0.3 is 4.74 Å². The maximum absolute atomic E-state index is 12.4. The third-order valence-corrected chi connectivity index (χ3v) is 5.27. The number of ether oxygens (including phenoxy) is 1. The van der Waals surface area contributed by atoms with E-state index in [-0.39, 0.29) is 4.90 Å². The van der Waals surface area contributed by atoms with Crippen LogP contribution < -0.4 is 9.57 Å². The van der Waals surface area contributed by atoms with Gasteiger partial charge in [0, 0.05) is 0 Å². The highest BCUT2D eigenvalue weighted by atomic mass is 32.2. The summed E-state index contributed by atoms with van der Waals surface area (Å²) in [4.78, 5) is 2.49. The summed E-state index contributed by atoms with van der Waals surface area (Å²) in [5.74, 6) is 0.945. The minimum Gasteiger partial charge on any atom is -0.494 e. The van der Waals surface area contributed by atoms with Gasteiger partial charge >= 0.3 is 0 Å². The molecule has 1 atom stereocenters. The second-order valence-corrected chi connectivity index (χ2v) is 7.59. The molecule has 2 rings (SSSR count). The van der Waals surface area contributed by atoms with Crippen LogP contribution in [-0.2, 0) is 10.0 Å². The van der Waals surface area contributed by atoms with Crippen LogP contribution >= 0.6 is 0 Å². The quantitative estimate of drug-likeness (QED) is 0.630. The summed E-state index contributed by atoms with van der Waals surface area (Å²) in [6.45, 7) is 10.3. The number of hydrogen-bond donors (Lipinski definition) is 1. The van der Waals surface area contributed by atoms with E-state index in [0.717, 1.165) is 23.3 Å². The summed E-state index contributed by atoms with van der Waals surface area (Å²) in [6, 6.07) is 6.28. The summed E-state index contributed by atoms with van der Waals surface area (Å²) >= 11 is 0. The summed E-state index contributed by atoms with van der Waals surface area (Å²) in [5.41, 5.74) is 2.84. The van der Waals surface area contributed by atoms with E-state index in [0.29, 0.717) is 24.7 Å². The number of allylic oxidation sites excluding steroid dienone is 3. The molecule has 24 heavy (non-hydrogen) atoms. The lowest BCUT2D eigenvalue weighted by atomic mass is 9.85. The Morgan fingerprint density at radius 1 is 1.38 bits per heavy atom. The molecular weight excluding hydrogens is 324 g/mol. The minimum absolute atomic E-state index is 0.157. The van der Waals surface area contributed by atoms with E-state index in [2.05, 4.69) is 22.6 Å². The van der Waals surface area contributed by atoms with Gasteiger partial charge in [0.2, 0.25) is 0 Å². The van der Waals surface area contributed by atoms with Crippen LogP contribution in [0.2, 0.25) is 0 Å². The number of nitrogens with one attached hydrogen (secondary N) is 1. The Morgan fingerprint density at radius 3 is 2.62 bits per heavy atom. The molecule has 0 heterocycles. The van der Waals surface area contributed by atoms with Crippen molar-refractivity contribution in [2.45, 2.75) is 38.5 Å². The summed E-state index contributed by atoms with van der Waals surface area (Å²) in [5, 5.41) is 4.14. The largest absolute Gasteiger partial charge is 0.494 e. The zero-order chi connectivity index (χ0) is 17.7. The van der Waals surface area contributed by atoms with Gasteiger partial charge in [-0.15, -0.1) is 0 Å². The fourth-order valence-corrected chi connectivity index (χ4v) is 3.30. The lowest BCUT2D eigenvalue weighted by Gasteiger charge is -2.22. The standard InChI is InChI=1S/C18H24N2O3S/c1-5-23-16-8-10-17(11-9-16)24(21,22)20-19-18-12-15(13(2)3)7-6-14(18)4/h6,8-11,15,20H,2,5,7,12H2,1,3-4H3/t15-/m1/s1. The zero-order valence-corrected chi connectivity index (χ0v) is 15.2. The van der Waals surface area contributed by atoms with Gasteiger partial charge in [-0.2, -0.15) is 18.4 Å². The Hall–Kier alpha value is -2.08. The molecule has 1 aliphatic carbocycles. The highest BCUT2D eigenvalue weighted by Gasteiger charge is 2.20. The number of benzene rings is 1. The number of rotatable bonds is 6. The molecule has 0 saturated heterocycles. The van der Waals surface area contributed by atoms with Gasteiger partial charge in [0.1, 0.15) is 5.75 Å². The van der Waals surface area contributed by atoms with Crippen LogP contribution in [0.3, 0.4) is 0 Å². The normalized spacial score (nSPS) is 19.7. The molecule has 0 amide bonds. The highest BCUT2D eigenvalue weighted by molar-refractivity contribution is 7.89. The average Bonchev–Trinajstić information content (AvgIpc) is 2.55. The van der Waals surface area contributed by atoms with E-state index in [1.807, 2.05) is 20.8 Å². The molecule has 1 aromatic rings. The smallest absolute Gasteiger partial charge is 0.276 e. The number of hydrazone groups is 1. The summed E-state index contributed by atoms with van der Waals surface area (Å²) < 4.78 is 30.1. The van der Waals surface area contributed by atoms with Gasteiger partial charge in [-0.1, -0.05) is 18.2 Å². The first kappa shape index (κ1) is 18.3. The van der Waals surface area contributed by atoms with Crippen LogP contribution in [0.15, 0.2) is 58.1 Å². The fourth-order valence-electron chi connectivity index (χ4n) is 2.47. The molecule has 1 aliphatic rings. The van der Waals surface area contributed by atoms with Crippen LogP contribution in [0.5, 0.6) is 5.75 Å². The third-order valence-electron chi connectivity index (χ3n) is 4.05. The Morgan fingerprint density at radius 2 is 2.04 bits per heavy atom. The SMILES string of the molecule is C=C(C)[C@@H]1CC=C(C)C(=NNS(=O)(=O)c2ccc(OCC)cc2)C1. The molecule has 0 saturated carbocycles. The van der Waals surface area contributed by atoms with Gasteiger partial charge in [0.05, 0.1) is 17.2 Å². The predicted molar refractivity (Wildman–Crippen MR) is 96.7 cm³/mol. The Balaban J connectivity index is 2.15. The number of hydrogen-bond acceptors (Lipinski definition) is 4. The Kier molecular flexibility index (Phi) is 5.83. The van der Waals surface area contributed by atoms with E-state index < -0.39 is 10.0 Å². The highest BCUT2D eigenvalue weighted by Crippen LogP contribution is 2.26. The maximum Gasteiger partial charge on any atom is 0.276 e. The van der Waals surface area contributed by atoms with E-state index in [9.17, 15) is 8.42 Å². The Bertz CT molecular complexity index is 762. The van der Waals surface area contributed by atoms with E-state index in [4.69, 9.17) is 4.74 Å². The van der Waals surface area contributed by atoms with Gasteiger partial charge in [0.25, 0.3) is 10.0 Å². The number of nitrogens with zero attached hydrogens (tertiary/aromatic N) is 1. The van der Waals surface area contributed by atoms with E-state index >= 15 is 0 Å². The lowest BCUT2D eigenvalue weighted by Crippen LogP contribution is -2.23. The monoisotopic (exact) mass is 348 g/mol. The molecule has 1 N–H and O–H groups in total. The first-order valence-corrected chi connectivity index (χ1v) is 9.45. The van der Waals surface area contributed by atoms with Crippen molar-refractivity contribution in [2.75, 3.05) is 6.61 Å². The molecule has 0 aliphatic heterocycles. The Labute approximate surface area is 144 Å². The molecule has 5 nitrogen and oxygen atoms in total. The molecule has 6 heteroatoms. The van der Waals surface area contributed by atoms with Gasteiger partial charge in [-0.05, 0) is 69.4 Å².